The minimum atomic E-state index is -0.111. The molecular weight excluding hydrogens is 382 g/mol. The third-order valence-electron chi connectivity index (χ3n) is 4.28. The lowest BCUT2D eigenvalue weighted by Crippen LogP contribution is -2.05. The number of nitrogens with zero attached hydrogens (tertiary/aromatic N) is 5. The lowest BCUT2D eigenvalue weighted by molar-refractivity contribution is -0.114. The van der Waals surface area contributed by atoms with Crippen LogP contribution in [-0.2, 0) is 4.79 Å². The van der Waals surface area contributed by atoms with Gasteiger partial charge in [-0.25, -0.2) is 14.6 Å². The molecule has 1 amide bonds. The first-order valence-electron chi connectivity index (χ1n) is 9.14. The molecule has 30 heavy (non-hydrogen) atoms. The first-order chi connectivity index (χ1) is 14.6. The van der Waals surface area contributed by atoms with Crippen LogP contribution in [0.4, 0.5) is 11.5 Å². The fraction of sp³-hybridized carbons (Fsp3) is 0.0952. The smallest absolute Gasteiger partial charge is 0.221 e. The summed E-state index contributed by atoms with van der Waals surface area (Å²) in [6.07, 6.45) is 4.81. The summed E-state index contributed by atoms with van der Waals surface area (Å²) >= 11 is 0. The molecule has 0 aliphatic carbocycles. The van der Waals surface area contributed by atoms with Crippen molar-refractivity contribution in [3.8, 4) is 11.4 Å². The molecule has 2 aromatic carbocycles. The number of hydrogen-bond donors (Lipinski definition) is 2. The van der Waals surface area contributed by atoms with Crippen LogP contribution >= 0.6 is 0 Å². The normalized spacial score (nSPS) is 11.0. The van der Waals surface area contributed by atoms with Crippen molar-refractivity contribution in [3.05, 3.63) is 66.6 Å². The fourth-order valence-corrected chi connectivity index (χ4v) is 2.89. The van der Waals surface area contributed by atoms with Crippen molar-refractivity contribution in [3.63, 3.8) is 0 Å². The highest BCUT2D eigenvalue weighted by molar-refractivity contribution is 5.90. The van der Waals surface area contributed by atoms with Gasteiger partial charge >= 0.3 is 0 Å². The van der Waals surface area contributed by atoms with Crippen LogP contribution in [0.25, 0.3) is 16.7 Å². The molecule has 150 valence electrons. The Labute approximate surface area is 172 Å². The molecule has 0 saturated heterocycles. The molecule has 4 rings (SSSR count). The van der Waals surface area contributed by atoms with E-state index in [1.165, 1.54) is 13.3 Å². The number of hydrazone groups is 1. The van der Waals surface area contributed by atoms with E-state index in [0.29, 0.717) is 11.5 Å². The molecule has 0 fully saturated rings. The maximum absolute atomic E-state index is 11.1. The Hall–Kier alpha value is -4.27. The third-order valence-corrected chi connectivity index (χ3v) is 4.28. The van der Waals surface area contributed by atoms with Crippen LogP contribution in [0, 0.1) is 0 Å². The van der Waals surface area contributed by atoms with Crippen molar-refractivity contribution in [1.29, 1.82) is 0 Å². The van der Waals surface area contributed by atoms with Crippen LogP contribution in [0.2, 0.25) is 0 Å². The number of hydrogen-bond acceptors (Lipinski definition) is 7. The first kappa shape index (κ1) is 19.1. The van der Waals surface area contributed by atoms with Crippen molar-refractivity contribution < 1.29 is 9.53 Å². The van der Waals surface area contributed by atoms with Gasteiger partial charge in [-0.05, 0) is 29.8 Å². The molecule has 9 nitrogen and oxygen atoms in total. The molecular formula is C21H19N7O2. The van der Waals surface area contributed by atoms with Crippen molar-refractivity contribution in [2.24, 2.45) is 5.10 Å². The number of fused-ring (bicyclic) bond motifs is 1. The number of aromatic nitrogens is 4. The van der Waals surface area contributed by atoms with Gasteiger partial charge in [0.15, 0.2) is 11.5 Å². The fourth-order valence-electron chi connectivity index (χ4n) is 2.89. The zero-order valence-corrected chi connectivity index (χ0v) is 16.4. The number of amides is 1. The van der Waals surface area contributed by atoms with Gasteiger partial charge in [-0.15, -0.1) is 0 Å². The minimum Gasteiger partial charge on any atom is -0.497 e. The van der Waals surface area contributed by atoms with E-state index in [2.05, 4.69) is 30.9 Å². The van der Waals surface area contributed by atoms with Gasteiger partial charge in [0.1, 0.15) is 12.1 Å². The van der Waals surface area contributed by atoms with Crippen LogP contribution in [-0.4, -0.2) is 39.0 Å². The van der Waals surface area contributed by atoms with Crippen LogP contribution in [0.15, 0.2) is 66.2 Å². The maximum Gasteiger partial charge on any atom is 0.221 e. The second-order valence-electron chi connectivity index (χ2n) is 6.39. The van der Waals surface area contributed by atoms with Crippen molar-refractivity contribution in [2.45, 2.75) is 6.92 Å². The highest BCUT2D eigenvalue weighted by Gasteiger charge is 2.11. The Morgan fingerprint density at radius 2 is 2.00 bits per heavy atom. The Morgan fingerprint density at radius 3 is 2.77 bits per heavy atom. The number of methoxy groups -OCH3 is 1. The lowest BCUT2D eigenvalue weighted by Gasteiger charge is -2.06. The number of anilines is 2. The number of benzene rings is 2. The van der Waals surface area contributed by atoms with Crippen LogP contribution in [0.5, 0.6) is 5.75 Å². The number of ether oxygens (including phenoxy) is 1. The zero-order valence-electron chi connectivity index (χ0n) is 16.4. The number of nitrogens with one attached hydrogen (secondary N) is 2. The van der Waals surface area contributed by atoms with Gasteiger partial charge in [0, 0.05) is 18.7 Å². The number of carbonyl (C=O) groups excluding carboxylic acids is 1. The predicted octanol–water partition coefficient (Wildman–Crippen LogP) is 3.23. The third kappa shape index (κ3) is 4.09. The van der Waals surface area contributed by atoms with Gasteiger partial charge in [0.05, 0.1) is 30.6 Å². The second-order valence-corrected chi connectivity index (χ2v) is 6.39. The van der Waals surface area contributed by atoms with E-state index < -0.39 is 0 Å². The zero-order chi connectivity index (χ0) is 20.9. The molecule has 0 atom stereocenters. The molecule has 0 unspecified atom stereocenters. The summed E-state index contributed by atoms with van der Waals surface area (Å²) in [5.41, 5.74) is 6.02. The van der Waals surface area contributed by atoms with Gasteiger partial charge in [0.25, 0.3) is 0 Å². The van der Waals surface area contributed by atoms with Crippen LogP contribution in [0.1, 0.15) is 12.5 Å². The Kier molecular flexibility index (Phi) is 5.33. The Bertz CT molecular complexity index is 1220. The molecule has 0 spiro atoms. The quantitative estimate of drug-likeness (QED) is 0.380. The molecule has 2 heterocycles. The van der Waals surface area contributed by atoms with E-state index in [-0.39, 0.29) is 5.91 Å². The molecule has 0 aliphatic rings. The van der Waals surface area contributed by atoms with Crippen LogP contribution < -0.4 is 15.5 Å². The van der Waals surface area contributed by atoms with E-state index in [1.807, 2.05) is 48.5 Å². The largest absolute Gasteiger partial charge is 0.497 e. The molecule has 0 saturated carbocycles. The van der Waals surface area contributed by atoms with E-state index in [1.54, 1.807) is 24.2 Å². The molecule has 2 N–H and O–H groups in total. The van der Waals surface area contributed by atoms with E-state index in [4.69, 9.17) is 4.74 Å². The second kappa shape index (κ2) is 8.39. The average Bonchev–Trinajstić information content (AvgIpc) is 3.20. The molecule has 9 heteroatoms. The topological polar surface area (TPSA) is 106 Å². The summed E-state index contributed by atoms with van der Waals surface area (Å²) in [4.78, 5) is 19.7. The minimum absolute atomic E-state index is 0.111. The standard InChI is InChI=1S/C21H19N7O2/c1-14(29)26-16-8-6-15(7-9-16)11-24-27-20-19-12-25-28(21(19)23-13-22-20)17-4-3-5-18(10-17)30-2/h3-13H,1-2H3,(H,26,29)(H,22,23,27)/b24-11+. The summed E-state index contributed by atoms with van der Waals surface area (Å²) in [6.45, 7) is 1.47. The maximum atomic E-state index is 11.1. The lowest BCUT2D eigenvalue weighted by atomic mass is 10.2. The SMILES string of the molecule is COc1cccc(-n2ncc3c(N/N=C/c4ccc(NC(C)=O)cc4)ncnc32)c1. The van der Waals surface area contributed by atoms with Gasteiger partial charge in [0.2, 0.25) is 5.91 Å². The number of rotatable bonds is 6. The Morgan fingerprint density at radius 1 is 1.17 bits per heavy atom. The van der Waals surface area contributed by atoms with E-state index >= 15 is 0 Å². The summed E-state index contributed by atoms with van der Waals surface area (Å²) in [7, 11) is 1.62. The molecule has 2 aromatic heterocycles. The van der Waals surface area contributed by atoms with Gasteiger partial charge in [-0.1, -0.05) is 18.2 Å². The predicted molar refractivity (Wildman–Crippen MR) is 115 cm³/mol. The molecule has 0 aliphatic heterocycles. The first-order valence-corrected chi connectivity index (χ1v) is 9.14. The van der Waals surface area contributed by atoms with Gasteiger partial charge in [-0.2, -0.15) is 10.2 Å². The summed E-state index contributed by atoms with van der Waals surface area (Å²) in [5.74, 6) is 1.17. The van der Waals surface area contributed by atoms with E-state index in [9.17, 15) is 4.79 Å². The molecule has 0 radical (unpaired) electrons. The number of carbonyl (C=O) groups is 1. The van der Waals surface area contributed by atoms with Crippen molar-refractivity contribution >= 4 is 34.7 Å². The summed E-state index contributed by atoms with van der Waals surface area (Å²) < 4.78 is 7.00. The van der Waals surface area contributed by atoms with Gasteiger partial charge in [-0.3, -0.25) is 10.2 Å². The summed E-state index contributed by atoms with van der Waals surface area (Å²) in [5, 5.41) is 12.1. The van der Waals surface area contributed by atoms with E-state index in [0.717, 1.165) is 28.1 Å². The van der Waals surface area contributed by atoms with Crippen molar-refractivity contribution in [2.75, 3.05) is 17.9 Å². The molecule has 4 aromatic rings. The Balaban J connectivity index is 1.54. The van der Waals surface area contributed by atoms with Gasteiger partial charge < -0.3 is 10.1 Å². The average molecular weight is 401 g/mol. The van der Waals surface area contributed by atoms with Crippen LogP contribution in [0.3, 0.4) is 0 Å². The monoisotopic (exact) mass is 401 g/mol. The summed E-state index contributed by atoms with van der Waals surface area (Å²) in [6, 6.07) is 14.9. The highest BCUT2D eigenvalue weighted by Crippen LogP contribution is 2.23. The molecule has 0 bridgehead atoms. The highest BCUT2D eigenvalue weighted by atomic mass is 16.5. The van der Waals surface area contributed by atoms with Crippen molar-refractivity contribution in [1.82, 2.24) is 19.7 Å².